The Morgan fingerprint density at radius 3 is 2.79 bits per heavy atom. The van der Waals surface area contributed by atoms with Gasteiger partial charge in [-0.3, -0.25) is 0 Å². The molecular formula is C15H27NO3. The summed E-state index contributed by atoms with van der Waals surface area (Å²) in [4.78, 5) is 0. The van der Waals surface area contributed by atoms with Crippen LogP contribution >= 0.6 is 0 Å². The van der Waals surface area contributed by atoms with Crippen molar-refractivity contribution in [2.45, 2.75) is 75.2 Å². The van der Waals surface area contributed by atoms with Gasteiger partial charge in [0.15, 0.2) is 0 Å². The fourth-order valence-electron chi connectivity index (χ4n) is 3.68. The van der Waals surface area contributed by atoms with Crippen molar-refractivity contribution in [3.05, 3.63) is 0 Å². The average Bonchev–Trinajstić information content (AvgIpc) is 2.75. The van der Waals surface area contributed by atoms with E-state index in [9.17, 15) is 0 Å². The highest BCUT2D eigenvalue weighted by Crippen LogP contribution is 2.35. The predicted molar refractivity (Wildman–Crippen MR) is 73.1 cm³/mol. The molecule has 19 heavy (non-hydrogen) atoms. The second-order valence-corrected chi connectivity index (χ2v) is 6.43. The molecule has 110 valence electrons. The summed E-state index contributed by atoms with van der Waals surface area (Å²) in [7, 11) is 0. The smallest absolute Gasteiger partial charge is 0.0961 e. The molecule has 3 fully saturated rings. The van der Waals surface area contributed by atoms with Crippen molar-refractivity contribution in [3.8, 4) is 0 Å². The van der Waals surface area contributed by atoms with Gasteiger partial charge in [-0.2, -0.15) is 0 Å². The number of nitrogens with two attached hydrogens (primary N) is 1. The lowest BCUT2D eigenvalue weighted by molar-refractivity contribution is -0.150. The van der Waals surface area contributed by atoms with Crippen LogP contribution in [0, 0.1) is 0 Å². The molecule has 1 spiro atoms. The molecule has 4 nitrogen and oxygen atoms in total. The molecule has 3 rings (SSSR count). The van der Waals surface area contributed by atoms with Crippen molar-refractivity contribution in [2.24, 2.45) is 5.73 Å². The Bertz CT molecular complexity index is 291. The monoisotopic (exact) mass is 269 g/mol. The number of hydrogen-bond donors (Lipinski definition) is 1. The van der Waals surface area contributed by atoms with Gasteiger partial charge in [-0.05, 0) is 19.3 Å². The molecule has 2 aliphatic heterocycles. The van der Waals surface area contributed by atoms with Gasteiger partial charge in [0.05, 0.1) is 24.4 Å². The molecule has 0 bridgehead atoms. The summed E-state index contributed by atoms with van der Waals surface area (Å²) in [5.74, 6) is 0. The van der Waals surface area contributed by atoms with Crippen molar-refractivity contribution in [1.82, 2.24) is 0 Å². The van der Waals surface area contributed by atoms with Crippen molar-refractivity contribution in [2.75, 3.05) is 19.8 Å². The van der Waals surface area contributed by atoms with E-state index in [-0.39, 0.29) is 17.7 Å². The van der Waals surface area contributed by atoms with E-state index >= 15 is 0 Å². The summed E-state index contributed by atoms with van der Waals surface area (Å²) in [6, 6.07) is 0.223. The normalized spacial score (nSPS) is 44.4. The van der Waals surface area contributed by atoms with E-state index in [1.54, 1.807) is 0 Å². The van der Waals surface area contributed by atoms with Crippen molar-refractivity contribution in [1.29, 1.82) is 0 Å². The van der Waals surface area contributed by atoms with E-state index in [4.69, 9.17) is 19.9 Å². The second-order valence-electron chi connectivity index (χ2n) is 6.43. The maximum atomic E-state index is 6.35. The first kappa shape index (κ1) is 13.8. The van der Waals surface area contributed by atoms with Crippen LogP contribution in [0.3, 0.4) is 0 Å². The van der Waals surface area contributed by atoms with Crippen LogP contribution in [0.1, 0.15) is 51.4 Å². The molecule has 1 aliphatic carbocycles. The van der Waals surface area contributed by atoms with Crippen LogP contribution in [0.25, 0.3) is 0 Å². The molecule has 0 radical (unpaired) electrons. The maximum Gasteiger partial charge on any atom is 0.0961 e. The van der Waals surface area contributed by atoms with Gasteiger partial charge in [-0.1, -0.05) is 19.3 Å². The minimum atomic E-state index is -0.0578. The molecule has 4 atom stereocenters. The summed E-state index contributed by atoms with van der Waals surface area (Å²) in [6.45, 7) is 2.37. The van der Waals surface area contributed by atoms with E-state index < -0.39 is 0 Å². The minimum Gasteiger partial charge on any atom is -0.378 e. The zero-order valence-corrected chi connectivity index (χ0v) is 11.8. The quantitative estimate of drug-likeness (QED) is 0.779. The second kappa shape index (κ2) is 6.08. The van der Waals surface area contributed by atoms with Crippen LogP contribution in [0.15, 0.2) is 0 Å². The van der Waals surface area contributed by atoms with Crippen molar-refractivity contribution < 1.29 is 14.2 Å². The largest absolute Gasteiger partial charge is 0.378 e. The Balaban J connectivity index is 1.56. The molecule has 0 aromatic rings. The summed E-state index contributed by atoms with van der Waals surface area (Å²) >= 11 is 0. The first-order valence-electron chi connectivity index (χ1n) is 7.90. The van der Waals surface area contributed by atoms with Gasteiger partial charge in [0.2, 0.25) is 0 Å². The highest BCUT2D eigenvalue weighted by molar-refractivity contribution is 4.91. The van der Waals surface area contributed by atoms with Crippen LogP contribution in [-0.4, -0.2) is 43.7 Å². The van der Waals surface area contributed by atoms with E-state index in [0.29, 0.717) is 6.10 Å². The lowest BCUT2D eigenvalue weighted by Crippen LogP contribution is -2.46. The molecule has 4 unspecified atom stereocenters. The topological polar surface area (TPSA) is 53.7 Å². The molecule has 4 heteroatoms. The zero-order valence-electron chi connectivity index (χ0n) is 11.8. The molecule has 0 aromatic carbocycles. The van der Waals surface area contributed by atoms with Crippen LogP contribution in [-0.2, 0) is 14.2 Å². The van der Waals surface area contributed by atoms with Gasteiger partial charge in [0.25, 0.3) is 0 Å². The highest BCUT2D eigenvalue weighted by atomic mass is 16.6. The molecule has 1 saturated carbocycles. The number of ether oxygens (including phenoxy) is 3. The van der Waals surface area contributed by atoms with Gasteiger partial charge < -0.3 is 19.9 Å². The lowest BCUT2D eigenvalue weighted by Gasteiger charge is -2.39. The standard InChI is InChI=1S/C15H27NO3/c16-13-4-2-1-3-5-14(13)19-12-6-8-18-15(10-12)7-9-17-11-15/h12-14H,1-11,16H2. The van der Waals surface area contributed by atoms with Crippen LogP contribution in [0.4, 0.5) is 0 Å². The molecule has 0 aromatic heterocycles. The first-order chi connectivity index (χ1) is 9.27. The highest BCUT2D eigenvalue weighted by Gasteiger charge is 2.42. The van der Waals surface area contributed by atoms with Crippen LogP contribution < -0.4 is 5.73 Å². The maximum absolute atomic E-state index is 6.35. The molecule has 2 saturated heterocycles. The molecular weight excluding hydrogens is 242 g/mol. The number of rotatable bonds is 2. The predicted octanol–water partition coefficient (Wildman–Crippen LogP) is 2.00. The van der Waals surface area contributed by atoms with E-state index in [1.165, 1.54) is 19.3 Å². The van der Waals surface area contributed by atoms with Crippen LogP contribution in [0.2, 0.25) is 0 Å². The Morgan fingerprint density at radius 2 is 1.95 bits per heavy atom. The summed E-state index contributed by atoms with van der Waals surface area (Å²) in [5, 5.41) is 0. The van der Waals surface area contributed by atoms with Gasteiger partial charge in [0.1, 0.15) is 0 Å². The van der Waals surface area contributed by atoms with Crippen molar-refractivity contribution in [3.63, 3.8) is 0 Å². The Labute approximate surface area is 116 Å². The first-order valence-corrected chi connectivity index (χ1v) is 7.90. The average molecular weight is 269 g/mol. The third-order valence-corrected chi connectivity index (χ3v) is 4.89. The van der Waals surface area contributed by atoms with E-state index in [2.05, 4.69) is 0 Å². The fourth-order valence-corrected chi connectivity index (χ4v) is 3.68. The van der Waals surface area contributed by atoms with Gasteiger partial charge in [0, 0.05) is 32.1 Å². The summed E-state index contributed by atoms with van der Waals surface area (Å²) in [5.41, 5.74) is 6.20. The fraction of sp³-hybridized carbons (Fsp3) is 1.00. The molecule has 0 amide bonds. The summed E-state index contributed by atoms with van der Waals surface area (Å²) < 4.78 is 17.8. The summed E-state index contributed by atoms with van der Waals surface area (Å²) in [6.07, 6.45) is 9.63. The van der Waals surface area contributed by atoms with E-state index in [1.807, 2.05) is 0 Å². The molecule has 3 aliphatic rings. The van der Waals surface area contributed by atoms with Gasteiger partial charge in [-0.25, -0.2) is 0 Å². The Kier molecular flexibility index (Phi) is 4.42. The van der Waals surface area contributed by atoms with Gasteiger partial charge >= 0.3 is 0 Å². The third kappa shape index (κ3) is 3.30. The number of hydrogen-bond acceptors (Lipinski definition) is 4. The van der Waals surface area contributed by atoms with Crippen LogP contribution in [0.5, 0.6) is 0 Å². The zero-order chi connectivity index (χ0) is 13.1. The minimum absolute atomic E-state index is 0.0578. The SMILES string of the molecule is NC1CCCCCC1OC1CCOC2(CCOC2)C1. The van der Waals surface area contributed by atoms with Gasteiger partial charge in [-0.15, -0.1) is 0 Å². The Morgan fingerprint density at radius 1 is 1.05 bits per heavy atom. The molecule has 2 heterocycles. The lowest BCUT2D eigenvalue weighted by atomic mass is 9.91. The third-order valence-electron chi connectivity index (χ3n) is 4.89. The van der Waals surface area contributed by atoms with E-state index in [0.717, 1.165) is 51.9 Å². The Hall–Kier alpha value is -0.160. The van der Waals surface area contributed by atoms with Crippen molar-refractivity contribution >= 4 is 0 Å². The molecule has 2 N–H and O–H groups in total.